The van der Waals surface area contributed by atoms with Crippen LogP contribution in [0.25, 0.3) is 10.8 Å². The third kappa shape index (κ3) is 2.24. The molecule has 100 valence electrons. The summed E-state index contributed by atoms with van der Waals surface area (Å²) in [4.78, 5) is 6.59. The number of hydrogen-bond acceptors (Lipinski definition) is 4. The van der Waals surface area contributed by atoms with Crippen LogP contribution in [0.1, 0.15) is 12.8 Å². The highest BCUT2D eigenvalue weighted by molar-refractivity contribution is 6.00. The highest BCUT2D eigenvalue weighted by atomic mass is 16.3. The fourth-order valence-corrected chi connectivity index (χ4v) is 2.83. The molecule has 3 rings (SSSR count). The normalized spacial score (nSPS) is 17.0. The lowest BCUT2D eigenvalue weighted by Gasteiger charge is -2.33. The molecular weight excluding hydrogens is 238 g/mol. The van der Waals surface area contributed by atoms with Crippen molar-refractivity contribution < 1.29 is 5.11 Å². The number of anilines is 2. The molecule has 1 saturated heterocycles. The fourth-order valence-electron chi connectivity index (χ4n) is 2.83. The Labute approximate surface area is 112 Å². The summed E-state index contributed by atoms with van der Waals surface area (Å²) in [6, 6.07) is 6.02. The number of benzene rings is 1. The molecule has 4 nitrogen and oxygen atoms in total. The van der Waals surface area contributed by atoms with Crippen molar-refractivity contribution in [1.82, 2.24) is 4.98 Å². The maximum atomic E-state index is 9.21. The maximum Gasteiger partial charge on any atom is 0.0463 e. The molecule has 0 spiro atoms. The number of aliphatic hydroxyl groups is 1. The molecule has 1 aromatic heterocycles. The van der Waals surface area contributed by atoms with Crippen molar-refractivity contribution in [1.29, 1.82) is 0 Å². The van der Waals surface area contributed by atoms with Crippen LogP contribution in [0.2, 0.25) is 0 Å². The van der Waals surface area contributed by atoms with E-state index in [0.29, 0.717) is 12.5 Å². The van der Waals surface area contributed by atoms with Crippen molar-refractivity contribution in [2.75, 3.05) is 30.3 Å². The van der Waals surface area contributed by atoms with Crippen molar-refractivity contribution >= 4 is 22.1 Å². The molecule has 0 amide bonds. The molecule has 2 aromatic rings. The standard InChI is InChI=1S/C15H19N3O/c16-14-1-2-15(13-9-17-6-3-12(13)14)18-7-4-11(10-19)5-8-18/h1-3,6,9,11,19H,4-5,7-8,10,16H2. The first-order chi connectivity index (χ1) is 9.29. The molecule has 19 heavy (non-hydrogen) atoms. The second-order valence-electron chi connectivity index (χ2n) is 5.21. The van der Waals surface area contributed by atoms with Crippen molar-refractivity contribution in [3.63, 3.8) is 0 Å². The summed E-state index contributed by atoms with van der Waals surface area (Å²) in [5.41, 5.74) is 8.02. The summed E-state index contributed by atoms with van der Waals surface area (Å²) in [6.45, 7) is 2.27. The average Bonchev–Trinajstić information content (AvgIpc) is 2.48. The first kappa shape index (κ1) is 12.2. The number of nitrogen functional groups attached to an aromatic ring is 1. The lowest BCUT2D eigenvalue weighted by molar-refractivity contribution is 0.203. The van der Waals surface area contributed by atoms with Crippen LogP contribution in [0, 0.1) is 5.92 Å². The minimum Gasteiger partial charge on any atom is -0.398 e. The van der Waals surface area contributed by atoms with Crippen LogP contribution in [-0.2, 0) is 0 Å². The quantitative estimate of drug-likeness (QED) is 0.808. The zero-order chi connectivity index (χ0) is 13.2. The average molecular weight is 257 g/mol. The van der Waals surface area contributed by atoms with Crippen LogP contribution < -0.4 is 10.6 Å². The van der Waals surface area contributed by atoms with E-state index in [1.165, 1.54) is 5.69 Å². The zero-order valence-corrected chi connectivity index (χ0v) is 10.9. The van der Waals surface area contributed by atoms with E-state index in [1.54, 1.807) is 6.20 Å². The van der Waals surface area contributed by atoms with E-state index in [9.17, 15) is 5.11 Å². The number of fused-ring (bicyclic) bond motifs is 1. The van der Waals surface area contributed by atoms with Crippen LogP contribution >= 0.6 is 0 Å². The van der Waals surface area contributed by atoms with Gasteiger partial charge in [0.05, 0.1) is 0 Å². The number of rotatable bonds is 2. The number of aromatic nitrogens is 1. The summed E-state index contributed by atoms with van der Waals surface area (Å²) < 4.78 is 0. The van der Waals surface area contributed by atoms with Gasteiger partial charge in [-0.25, -0.2) is 0 Å². The molecule has 1 aliphatic heterocycles. The number of pyridine rings is 1. The Morgan fingerprint density at radius 3 is 2.74 bits per heavy atom. The molecule has 1 fully saturated rings. The number of nitrogens with zero attached hydrogens (tertiary/aromatic N) is 2. The van der Waals surface area contributed by atoms with Gasteiger partial charge in [0.1, 0.15) is 0 Å². The number of piperidine rings is 1. The first-order valence-electron chi connectivity index (χ1n) is 6.77. The topological polar surface area (TPSA) is 62.4 Å². The number of nitrogens with two attached hydrogens (primary N) is 1. The summed E-state index contributed by atoms with van der Waals surface area (Å²) >= 11 is 0. The van der Waals surface area contributed by atoms with Gasteiger partial charge >= 0.3 is 0 Å². The fraction of sp³-hybridized carbons (Fsp3) is 0.400. The monoisotopic (exact) mass is 257 g/mol. The van der Waals surface area contributed by atoms with E-state index in [2.05, 4.69) is 16.0 Å². The van der Waals surface area contributed by atoms with E-state index in [-0.39, 0.29) is 0 Å². The van der Waals surface area contributed by atoms with Crippen LogP contribution in [0.15, 0.2) is 30.6 Å². The van der Waals surface area contributed by atoms with E-state index >= 15 is 0 Å². The zero-order valence-electron chi connectivity index (χ0n) is 10.9. The van der Waals surface area contributed by atoms with Gasteiger partial charge in [0.15, 0.2) is 0 Å². The molecule has 0 radical (unpaired) electrons. The van der Waals surface area contributed by atoms with E-state index in [4.69, 9.17) is 5.73 Å². The second kappa shape index (κ2) is 5.05. The first-order valence-corrected chi connectivity index (χ1v) is 6.77. The van der Waals surface area contributed by atoms with Crippen molar-refractivity contribution in [3.8, 4) is 0 Å². The molecule has 0 atom stereocenters. The third-order valence-electron chi connectivity index (χ3n) is 4.04. The van der Waals surface area contributed by atoms with Crippen LogP contribution in [-0.4, -0.2) is 29.8 Å². The molecule has 0 saturated carbocycles. The van der Waals surface area contributed by atoms with Crippen molar-refractivity contribution in [2.24, 2.45) is 5.92 Å². The Hall–Kier alpha value is -1.81. The number of hydrogen-bond donors (Lipinski definition) is 2. The molecule has 0 bridgehead atoms. The minimum atomic E-state index is 0.303. The van der Waals surface area contributed by atoms with E-state index in [1.807, 2.05) is 18.3 Å². The third-order valence-corrected chi connectivity index (χ3v) is 4.04. The van der Waals surface area contributed by atoms with Gasteiger partial charge in [-0.05, 0) is 37.0 Å². The van der Waals surface area contributed by atoms with Gasteiger partial charge in [-0.1, -0.05) is 0 Å². The van der Waals surface area contributed by atoms with Gasteiger partial charge < -0.3 is 15.7 Å². The lowest BCUT2D eigenvalue weighted by Crippen LogP contribution is -2.34. The van der Waals surface area contributed by atoms with Crippen LogP contribution in [0.5, 0.6) is 0 Å². The highest BCUT2D eigenvalue weighted by Crippen LogP contribution is 2.32. The van der Waals surface area contributed by atoms with Gasteiger partial charge in [0.25, 0.3) is 0 Å². The Kier molecular flexibility index (Phi) is 3.25. The van der Waals surface area contributed by atoms with Gasteiger partial charge in [0, 0.05) is 54.2 Å². The minimum absolute atomic E-state index is 0.303. The van der Waals surface area contributed by atoms with Crippen LogP contribution in [0.4, 0.5) is 11.4 Å². The Bertz CT molecular complexity index is 577. The predicted molar refractivity (Wildman–Crippen MR) is 78.2 cm³/mol. The summed E-state index contributed by atoms with van der Waals surface area (Å²) in [7, 11) is 0. The molecule has 2 heterocycles. The van der Waals surface area contributed by atoms with E-state index in [0.717, 1.165) is 42.4 Å². The van der Waals surface area contributed by atoms with Crippen LogP contribution in [0.3, 0.4) is 0 Å². The molecular formula is C15H19N3O. The molecule has 3 N–H and O–H groups in total. The van der Waals surface area contributed by atoms with Crippen molar-refractivity contribution in [3.05, 3.63) is 30.6 Å². The Morgan fingerprint density at radius 2 is 2.00 bits per heavy atom. The van der Waals surface area contributed by atoms with Gasteiger partial charge in [-0.3, -0.25) is 4.98 Å². The largest absolute Gasteiger partial charge is 0.398 e. The summed E-state index contributed by atoms with van der Waals surface area (Å²) in [5, 5.41) is 11.4. The van der Waals surface area contributed by atoms with Gasteiger partial charge in [-0.2, -0.15) is 0 Å². The summed E-state index contributed by atoms with van der Waals surface area (Å²) in [6.07, 6.45) is 5.75. The van der Waals surface area contributed by atoms with E-state index < -0.39 is 0 Å². The van der Waals surface area contributed by atoms with Crippen molar-refractivity contribution in [2.45, 2.75) is 12.8 Å². The lowest BCUT2D eigenvalue weighted by atomic mass is 9.97. The molecule has 1 aliphatic rings. The Balaban J connectivity index is 1.95. The number of aliphatic hydroxyl groups excluding tert-OH is 1. The van der Waals surface area contributed by atoms with Gasteiger partial charge in [0.2, 0.25) is 0 Å². The maximum absolute atomic E-state index is 9.21. The molecule has 1 aromatic carbocycles. The van der Waals surface area contributed by atoms with Gasteiger partial charge in [-0.15, -0.1) is 0 Å². The smallest absolute Gasteiger partial charge is 0.0463 e. The molecule has 4 heteroatoms. The second-order valence-corrected chi connectivity index (χ2v) is 5.21. The summed E-state index contributed by atoms with van der Waals surface area (Å²) in [5.74, 6) is 0.453. The Morgan fingerprint density at radius 1 is 1.21 bits per heavy atom. The molecule has 0 unspecified atom stereocenters. The predicted octanol–water partition coefficient (Wildman–Crippen LogP) is 2.03. The SMILES string of the molecule is Nc1ccc(N2CCC(CO)CC2)c2cnccc12. The highest BCUT2D eigenvalue weighted by Gasteiger charge is 2.20. The molecule has 0 aliphatic carbocycles.